The Labute approximate surface area is 743 Å². The molecule has 0 spiro atoms. The summed E-state index contributed by atoms with van der Waals surface area (Å²) in [6.45, 7) is 3.32. The number of thioether (sulfide) groups is 1. The summed E-state index contributed by atoms with van der Waals surface area (Å²) in [6.07, 6.45) is 0.582. The summed E-state index contributed by atoms with van der Waals surface area (Å²) in [5.41, 5.74) is 25.6. The second-order valence-corrected chi connectivity index (χ2v) is 34.1. The first-order valence-corrected chi connectivity index (χ1v) is 44.6. The number of amides is 17. The van der Waals surface area contributed by atoms with Crippen LogP contribution in [0.3, 0.4) is 0 Å². The van der Waals surface area contributed by atoms with Crippen LogP contribution in [-0.4, -0.2) is 308 Å². The minimum absolute atomic E-state index is 0.00714. The van der Waals surface area contributed by atoms with Gasteiger partial charge in [-0.25, -0.2) is 0 Å². The number of unbranched alkanes of at least 4 members (excludes halogenated alkanes) is 2. The largest absolute Gasteiger partial charge is 0.508 e. The topological polar surface area (TPSA) is 607 Å². The second-order valence-electron chi connectivity index (χ2n) is 32.2. The third-order valence-electron chi connectivity index (χ3n) is 22.9. The summed E-state index contributed by atoms with van der Waals surface area (Å²) in [5, 5.41) is 61.6. The highest BCUT2D eigenvalue weighted by Crippen LogP contribution is 2.30. The molecule has 5 heterocycles. The number of likely N-dealkylation sites (N-methyl/N-ethyl adjacent to an activating group) is 3. The summed E-state index contributed by atoms with van der Waals surface area (Å²) in [7, 11) is 3.94. The van der Waals surface area contributed by atoms with Crippen LogP contribution in [0.2, 0.25) is 0 Å². The lowest BCUT2D eigenvalue weighted by atomic mass is 10.00. The number of phenols is 1. The van der Waals surface area contributed by atoms with Gasteiger partial charge in [-0.2, -0.15) is 0 Å². The molecule has 2 aromatic heterocycles. The van der Waals surface area contributed by atoms with Crippen LogP contribution in [-0.2, 0) is 101 Å². The van der Waals surface area contributed by atoms with Crippen LogP contribution < -0.4 is 76.1 Å². The fourth-order valence-corrected chi connectivity index (χ4v) is 17.3. The van der Waals surface area contributed by atoms with E-state index in [-0.39, 0.29) is 89.5 Å². The molecule has 0 bridgehead atoms. The van der Waals surface area contributed by atoms with Gasteiger partial charge < -0.3 is 121 Å². The minimum atomic E-state index is -1.85. The number of nitrogens with zero attached hydrogens (tertiary/aromatic N) is 5. The molecule has 3 aliphatic rings. The van der Waals surface area contributed by atoms with E-state index in [1.54, 1.807) is 23.7 Å². The van der Waals surface area contributed by atoms with Gasteiger partial charge in [0.2, 0.25) is 100 Å². The normalized spacial score (nSPS) is 25.6. The number of carbonyl (C=O) groups excluding carboxylic acids is 17. The molecule has 40 nitrogen and oxygen atoms in total. The number of fused-ring (bicyclic) bond motifs is 4. The van der Waals surface area contributed by atoms with Crippen LogP contribution in [0.1, 0.15) is 128 Å². The van der Waals surface area contributed by atoms with E-state index >= 15 is 24.0 Å². The number of primary amides is 2. The van der Waals surface area contributed by atoms with Crippen LogP contribution in [0, 0.1) is 0 Å². The molecule has 3 aromatic carbocycles. The number of aromatic nitrogens is 1. The molecular formula is C85H120N20O20S2. The zero-order chi connectivity index (χ0) is 93.0. The SMILES string of the molecule is CCCC[C@H]1C(=O)N(C)[C@@H](CCCC)C(=O)N[C@@H](CCCN)C(=O)N[C@H](C(=O)NCC(N)=O)CSCC(=O)N[C@@H](Cc2ccc(O)cc2)C(=O)N(C)[C@@H](C)C(=O)N[C@@H](CC(N)=O)C(=O)N2CCC[C@H]2C(=O)N[C@@H](CN)C(=O)N[C@@H](C)C(=O)N2C[C@H](O)CC2C(=O)N[C@@H](CCc2c[nH]c3ccccc23)C(=O)N[C@@H](CO)C(=O)N[C@@H](Cc2csc3ccccc23)C(=O)N1C. The number of aliphatic hydroxyl groups excluding tert-OH is 2. The predicted octanol–water partition coefficient (Wildman–Crippen LogP) is -3.36. The maximum Gasteiger partial charge on any atom is 0.246 e. The van der Waals surface area contributed by atoms with E-state index in [0.717, 1.165) is 52.4 Å². The van der Waals surface area contributed by atoms with Crippen molar-refractivity contribution in [3.05, 3.63) is 101 Å². The van der Waals surface area contributed by atoms with Crippen molar-refractivity contribution in [2.45, 2.75) is 221 Å². The number of H-pyrrole nitrogens is 1. The number of aromatic hydroxyl groups is 1. The van der Waals surface area contributed by atoms with Crippen molar-refractivity contribution < 1.29 is 96.8 Å². The number of para-hydroxylation sites is 1. The highest BCUT2D eigenvalue weighted by Gasteiger charge is 2.46. The molecule has 0 radical (unpaired) electrons. The Morgan fingerprint density at radius 2 is 1.13 bits per heavy atom. The quantitative estimate of drug-likeness (QED) is 0.0304. The van der Waals surface area contributed by atoms with Crippen molar-refractivity contribution >= 4 is 145 Å². The fourth-order valence-electron chi connectivity index (χ4n) is 15.5. The average Bonchev–Trinajstić information content (AvgIpc) is 1.72. The molecule has 22 N–H and O–H groups in total. The molecule has 42 heteroatoms. The van der Waals surface area contributed by atoms with Gasteiger partial charge in [0.05, 0.1) is 31.4 Å². The summed E-state index contributed by atoms with van der Waals surface area (Å²) in [6, 6.07) is -1.31. The van der Waals surface area contributed by atoms with Gasteiger partial charge in [-0.3, -0.25) is 81.5 Å². The van der Waals surface area contributed by atoms with Gasteiger partial charge in [-0.1, -0.05) is 88.1 Å². The first-order valence-electron chi connectivity index (χ1n) is 42.6. The average molecular weight is 1810 g/mol. The van der Waals surface area contributed by atoms with Crippen LogP contribution in [0.25, 0.3) is 21.0 Å². The maximum atomic E-state index is 15.6. The molecule has 692 valence electrons. The van der Waals surface area contributed by atoms with Crippen molar-refractivity contribution in [1.29, 1.82) is 0 Å². The lowest BCUT2D eigenvalue weighted by Crippen LogP contribution is -2.61. The highest BCUT2D eigenvalue weighted by atomic mass is 32.2. The maximum absolute atomic E-state index is 15.6. The molecule has 3 aliphatic heterocycles. The second kappa shape index (κ2) is 48.2. The van der Waals surface area contributed by atoms with Gasteiger partial charge in [0, 0.05) is 87.6 Å². The van der Waals surface area contributed by atoms with Crippen molar-refractivity contribution in [2.75, 3.05) is 72.0 Å². The van der Waals surface area contributed by atoms with Gasteiger partial charge in [0.25, 0.3) is 0 Å². The third-order valence-corrected chi connectivity index (χ3v) is 24.9. The molecule has 3 fully saturated rings. The number of nitrogens with one attached hydrogen (secondary N) is 11. The zero-order valence-electron chi connectivity index (χ0n) is 72.4. The van der Waals surface area contributed by atoms with Gasteiger partial charge in [0.1, 0.15) is 90.3 Å². The Hall–Kier alpha value is -11.9. The summed E-state index contributed by atoms with van der Waals surface area (Å²) in [5.74, 6) is -17.0. The Morgan fingerprint density at radius 3 is 1.80 bits per heavy atom. The number of aromatic amines is 1. The zero-order valence-corrected chi connectivity index (χ0v) is 74.0. The van der Waals surface area contributed by atoms with Gasteiger partial charge >= 0.3 is 0 Å². The molecule has 17 amide bonds. The van der Waals surface area contributed by atoms with Crippen LogP contribution in [0.4, 0.5) is 0 Å². The molecular weight excluding hydrogens is 1690 g/mol. The molecule has 15 atom stereocenters. The lowest BCUT2D eigenvalue weighted by Gasteiger charge is -2.36. The smallest absolute Gasteiger partial charge is 0.246 e. The van der Waals surface area contributed by atoms with E-state index < -0.39 is 235 Å². The lowest BCUT2D eigenvalue weighted by molar-refractivity contribution is -0.149. The number of aliphatic hydroxyl groups is 2. The summed E-state index contributed by atoms with van der Waals surface area (Å²) < 4.78 is 0.822. The van der Waals surface area contributed by atoms with Crippen molar-refractivity contribution in [2.24, 2.45) is 22.9 Å². The number of benzene rings is 3. The van der Waals surface area contributed by atoms with Crippen molar-refractivity contribution in [3.8, 4) is 5.75 Å². The van der Waals surface area contributed by atoms with Crippen LogP contribution >= 0.6 is 23.1 Å². The summed E-state index contributed by atoms with van der Waals surface area (Å²) in [4.78, 5) is 254. The first kappa shape index (κ1) is 101. The number of hydrogen-bond donors (Lipinski definition) is 18. The van der Waals surface area contributed by atoms with E-state index in [4.69, 9.17) is 22.9 Å². The molecule has 0 saturated carbocycles. The number of carbonyl (C=O) groups is 17. The van der Waals surface area contributed by atoms with E-state index in [2.05, 4.69) is 58.2 Å². The Kier molecular flexibility index (Phi) is 38.1. The van der Waals surface area contributed by atoms with E-state index in [1.807, 2.05) is 50.2 Å². The number of aryl methyl sites for hydroxylation is 1. The molecule has 127 heavy (non-hydrogen) atoms. The summed E-state index contributed by atoms with van der Waals surface area (Å²) >= 11 is 2.14. The van der Waals surface area contributed by atoms with Gasteiger partial charge in [0.15, 0.2) is 0 Å². The Bertz CT molecular complexity index is 4760. The van der Waals surface area contributed by atoms with E-state index in [0.29, 0.717) is 42.4 Å². The molecule has 3 saturated heterocycles. The first-order chi connectivity index (χ1) is 60.5. The Balaban J connectivity index is 1.15. The van der Waals surface area contributed by atoms with Crippen LogP contribution in [0.15, 0.2) is 84.4 Å². The molecule has 5 aromatic rings. The number of rotatable bonds is 23. The predicted molar refractivity (Wildman–Crippen MR) is 470 cm³/mol. The minimum Gasteiger partial charge on any atom is -0.508 e. The van der Waals surface area contributed by atoms with E-state index in [1.165, 1.54) is 75.5 Å². The number of phenolic OH excluding ortho intramolecular Hbond substituents is 1. The van der Waals surface area contributed by atoms with Crippen LogP contribution in [0.5, 0.6) is 5.75 Å². The number of thiophene rings is 1. The molecule has 0 aliphatic carbocycles. The number of nitrogens with two attached hydrogens (primary N) is 4. The molecule has 1 unspecified atom stereocenters. The monoisotopic (exact) mass is 1800 g/mol. The highest BCUT2D eigenvalue weighted by molar-refractivity contribution is 8.00. The molecule has 8 rings (SSSR count). The Morgan fingerprint density at radius 1 is 0.551 bits per heavy atom. The van der Waals surface area contributed by atoms with Crippen molar-refractivity contribution in [1.82, 2.24) is 82.7 Å². The van der Waals surface area contributed by atoms with Crippen molar-refractivity contribution in [3.63, 3.8) is 0 Å². The number of hydrogen-bond acceptors (Lipinski definition) is 24. The fraction of sp³-hybridized carbons (Fsp3) is 0.541. The van der Waals surface area contributed by atoms with Gasteiger partial charge in [-0.05, 0) is 123 Å². The standard InChI is InChI=1S/C85H120N20O20S2/c1-8-10-22-64-78(118)94-56(21-16-32-86)74(114)100-63(73(113)91-40-70(89)110)44-126-45-71(111)93-58(34-48-26-29-51(107)30-27-48)82(122)101(5)47(4)72(112)96-60(37-69(88)109)84(124)104-33-17-24-65(104)79(119)98-61(38-87)76(116)92-46(3)81(121)105-41-52(108)36-67(105)80(120)95-57(31-28-49-39-90-55-20-14-12-18-53(49)55)75(115)99-62(42-106)77(117)97-59(35-50-43-127-68-25-15-13-19-54(50)68)83(123)103(7)66(23-11-9-2)85(125)102(64)6/h12-15,18-20,25-27,29-30,39,43,46-47,52,56-67,90,106-108H,8-11,16-17,21-24,28,31-38,40-42,44-45,86-87H2,1-7H3,(H2,88,109)(H2,89,110)(H,91,113)(H,92,116)(H,93,111)(H,94,118)(H,95,120)(H,96,112)(H,97,117)(H,98,119)(H,99,115)(H,100,114)/t46-,47-,52+,56-,57-,58-,59-,60-,61-,62-,63-,64-,65-,66-,67?/m0/s1. The third kappa shape index (κ3) is 27.6. The van der Waals surface area contributed by atoms with E-state index in [9.17, 15) is 72.9 Å². The van der Waals surface area contributed by atoms with Gasteiger partial charge in [-0.15, -0.1) is 23.1 Å².